The molecule has 3 rings (SSSR count). The number of carbonyl (C=O) groups excluding carboxylic acids is 1. The fourth-order valence-corrected chi connectivity index (χ4v) is 7.07. The number of hydrazine groups is 1. The van der Waals surface area contributed by atoms with E-state index in [1.165, 1.54) is 30.5 Å². The summed E-state index contributed by atoms with van der Waals surface area (Å²) in [5.74, 6) is 3.37. The van der Waals surface area contributed by atoms with E-state index in [4.69, 9.17) is 17.4 Å². The highest BCUT2D eigenvalue weighted by Gasteiger charge is 2.37. The first kappa shape index (κ1) is 23.4. The number of sulfonamides is 1. The monoisotopic (exact) mass is 490 g/mol. The van der Waals surface area contributed by atoms with Crippen LogP contribution in [-0.4, -0.2) is 44.5 Å². The lowest BCUT2D eigenvalue weighted by molar-refractivity contribution is 0.0953. The molecule has 0 unspecified atom stereocenters. The lowest BCUT2D eigenvalue weighted by Gasteiger charge is -2.31. The second-order valence-electron chi connectivity index (χ2n) is 7.01. The van der Waals surface area contributed by atoms with Crippen molar-refractivity contribution in [1.82, 2.24) is 10.4 Å². The molecular weight excluding hydrogens is 471 g/mol. The average molecular weight is 491 g/mol. The molecule has 1 saturated heterocycles. The van der Waals surface area contributed by atoms with Gasteiger partial charge in [0.25, 0.3) is 5.91 Å². The normalized spacial score (nSPS) is 16.6. The van der Waals surface area contributed by atoms with Crippen LogP contribution in [-0.2, 0) is 26.4 Å². The second kappa shape index (κ2) is 9.07. The summed E-state index contributed by atoms with van der Waals surface area (Å²) < 4.78 is 65.0. The summed E-state index contributed by atoms with van der Waals surface area (Å²) in [6, 6.07) is 6.40. The number of hydrogen-bond acceptors (Lipinski definition) is 7. The molecule has 1 amide bonds. The largest absolute Gasteiger partial charge is 0.290 e. The van der Waals surface area contributed by atoms with Gasteiger partial charge in [-0.3, -0.25) is 19.5 Å². The number of nitrogens with two attached hydrogens (primary N) is 1. The van der Waals surface area contributed by atoms with Gasteiger partial charge in [0.15, 0.2) is 0 Å². The van der Waals surface area contributed by atoms with Crippen molar-refractivity contribution in [3.05, 3.63) is 58.6 Å². The Morgan fingerprint density at radius 3 is 2.48 bits per heavy atom. The minimum atomic E-state index is -4.04. The Bertz CT molecular complexity index is 1180. The molecule has 0 atom stereocenters. The van der Waals surface area contributed by atoms with Crippen molar-refractivity contribution < 1.29 is 26.0 Å². The Hall–Kier alpha value is -2.28. The van der Waals surface area contributed by atoms with Gasteiger partial charge in [-0.2, -0.15) is 0 Å². The van der Waals surface area contributed by atoms with E-state index in [0.29, 0.717) is 5.69 Å². The van der Waals surface area contributed by atoms with Gasteiger partial charge in [-0.05, 0) is 43.2 Å². The maximum Gasteiger partial charge on any atom is 0.266 e. The van der Waals surface area contributed by atoms with Crippen LogP contribution in [0, 0.1) is 5.82 Å². The van der Waals surface area contributed by atoms with Crippen molar-refractivity contribution in [2.45, 2.75) is 24.6 Å². The molecule has 0 radical (unpaired) electrons. The zero-order chi connectivity index (χ0) is 22.8. The Morgan fingerprint density at radius 2 is 1.94 bits per heavy atom. The molecule has 2 aromatic rings. The van der Waals surface area contributed by atoms with E-state index in [2.05, 4.69) is 4.98 Å². The third kappa shape index (κ3) is 5.32. The van der Waals surface area contributed by atoms with Crippen LogP contribution in [0.3, 0.4) is 0 Å². The van der Waals surface area contributed by atoms with Crippen LogP contribution in [0.5, 0.6) is 0 Å². The topological polar surface area (TPSA) is 140 Å². The van der Waals surface area contributed by atoms with E-state index >= 15 is 0 Å². The third-order valence-corrected chi connectivity index (χ3v) is 9.22. The molecular formula is C18H20ClFN4O5S2. The lowest BCUT2D eigenvalue weighted by atomic mass is 10.2. The first-order valence-electron chi connectivity index (χ1n) is 9.16. The Morgan fingerprint density at radius 1 is 1.26 bits per heavy atom. The minimum absolute atomic E-state index is 0.0425. The van der Waals surface area contributed by atoms with Crippen molar-refractivity contribution in [3.8, 4) is 0 Å². The number of hydrogen-bond donors (Lipinski definition) is 2. The van der Waals surface area contributed by atoms with Gasteiger partial charge in [0, 0.05) is 6.20 Å². The predicted molar refractivity (Wildman–Crippen MR) is 114 cm³/mol. The smallest absolute Gasteiger partial charge is 0.266 e. The fraction of sp³-hybridized carbons (Fsp3) is 0.333. The van der Waals surface area contributed by atoms with Gasteiger partial charge in [0.05, 0.1) is 45.3 Å². The minimum Gasteiger partial charge on any atom is -0.290 e. The molecule has 1 aliphatic heterocycles. The molecule has 3 N–H and O–H groups in total. The molecule has 0 saturated carbocycles. The maximum atomic E-state index is 13.7. The molecule has 168 valence electrons. The highest BCUT2D eigenvalue weighted by atomic mass is 35.5. The number of nitrogens with zero attached hydrogens (tertiary/aromatic N) is 2. The SMILES string of the molecule is NNC(=O)c1ccc(CN(c2ccc(F)c(Cl)c2)S(=O)(=O)C2CCS(=O)(=O)CC2)nc1. The summed E-state index contributed by atoms with van der Waals surface area (Å²) in [6.07, 6.45) is 1.16. The zero-order valence-corrected chi connectivity index (χ0v) is 18.6. The molecule has 0 bridgehead atoms. The number of anilines is 1. The quantitative estimate of drug-likeness (QED) is 0.354. The molecule has 1 fully saturated rings. The Balaban J connectivity index is 1.96. The van der Waals surface area contributed by atoms with Gasteiger partial charge >= 0.3 is 0 Å². The third-order valence-electron chi connectivity index (χ3n) is 4.94. The molecule has 9 nitrogen and oxygen atoms in total. The number of sulfone groups is 1. The molecule has 0 aliphatic carbocycles. The number of pyridine rings is 1. The molecule has 1 aliphatic rings. The Labute approximate surface area is 184 Å². The summed E-state index contributed by atoms with van der Waals surface area (Å²) in [5.41, 5.74) is 2.57. The molecule has 2 heterocycles. The van der Waals surface area contributed by atoms with Crippen LogP contribution in [0.2, 0.25) is 5.02 Å². The van der Waals surface area contributed by atoms with Gasteiger partial charge in [-0.1, -0.05) is 11.6 Å². The molecule has 31 heavy (non-hydrogen) atoms. The average Bonchev–Trinajstić information content (AvgIpc) is 2.73. The maximum absolute atomic E-state index is 13.7. The molecule has 0 spiro atoms. The number of halogens is 2. The van der Waals surface area contributed by atoms with Gasteiger partial charge in [0.1, 0.15) is 15.7 Å². The van der Waals surface area contributed by atoms with E-state index in [-0.39, 0.29) is 47.2 Å². The first-order chi connectivity index (χ1) is 14.5. The van der Waals surface area contributed by atoms with Gasteiger partial charge in [-0.25, -0.2) is 27.1 Å². The first-order valence-corrected chi connectivity index (χ1v) is 12.9. The second-order valence-corrected chi connectivity index (χ2v) is 11.9. The fourth-order valence-electron chi connectivity index (χ4n) is 3.20. The van der Waals surface area contributed by atoms with Crippen molar-refractivity contribution in [2.75, 3.05) is 15.8 Å². The summed E-state index contributed by atoms with van der Waals surface area (Å²) in [4.78, 5) is 15.7. The summed E-state index contributed by atoms with van der Waals surface area (Å²) in [5, 5.41) is -1.19. The van der Waals surface area contributed by atoms with Gasteiger partial charge < -0.3 is 0 Å². The number of nitrogen functional groups attached to an aromatic ring is 1. The number of rotatable bonds is 6. The Kier molecular flexibility index (Phi) is 6.84. The van der Waals surface area contributed by atoms with Crippen LogP contribution >= 0.6 is 11.6 Å². The van der Waals surface area contributed by atoms with E-state index in [0.717, 1.165) is 10.4 Å². The van der Waals surface area contributed by atoms with Crippen molar-refractivity contribution in [1.29, 1.82) is 0 Å². The zero-order valence-electron chi connectivity index (χ0n) is 16.2. The van der Waals surface area contributed by atoms with Gasteiger partial charge in [-0.15, -0.1) is 0 Å². The summed E-state index contributed by atoms with van der Waals surface area (Å²) in [6.45, 7) is -0.224. The number of amides is 1. The van der Waals surface area contributed by atoms with Crippen LogP contribution in [0.25, 0.3) is 0 Å². The highest BCUT2D eigenvalue weighted by molar-refractivity contribution is 7.94. The van der Waals surface area contributed by atoms with E-state index < -0.39 is 36.8 Å². The molecule has 1 aromatic heterocycles. The molecule has 1 aromatic carbocycles. The van der Waals surface area contributed by atoms with E-state index in [9.17, 15) is 26.0 Å². The standard InChI is InChI=1S/C18H20ClFN4O5S2/c19-16-9-14(3-4-17(16)20)24(11-13-2-1-12(10-22-13)18(25)23-21)31(28,29)15-5-7-30(26,27)8-6-15/h1-4,9-10,15H,5-8,11,21H2,(H,23,25). The van der Waals surface area contributed by atoms with E-state index in [1.807, 2.05) is 5.43 Å². The van der Waals surface area contributed by atoms with Crippen LogP contribution in [0.1, 0.15) is 28.9 Å². The van der Waals surface area contributed by atoms with Crippen molar-refractivity contribution in [3.63, 3.8) is 0 Å². The highest BCUT2D eigenvalue weighted by Crippen LogP contribution is 2.30. The number of aromatic nitrogens is 1. The van der Waals surface area contributed by atoms with Crippen LogP contribution in [0.4, 0.5) is 10.1 Å². The molecule has 13 heteroatoms. The predicted octanol–water partition coefficient (Wildman–Crippen LogP) is 1.39. The van der Waals surface area contributed by atoms with Crippen LogP contribution in [0.15, 0.2) is 36.5 Å². The summed E-state index contributed by atoms with van der Waals surface area (Å²) in [7, 11) is -7.30. The number of carbonyl (C=O) groups is 1. The van der Waals surface area contributed by atoms with Crippen molar-refractivity contribution in [2.24, 2.45) is 5.84 Å². The lowest BCUT2D eigenvalue weighted by Crippen LogP contribution is -2.42. The van der Waals surface area contributed by atoms with Gasteiger partial charge in [0.2, 0.25) is 10.0 Å². The number of benzene rings is 1. The number of nitrogens with one attached hydrogen (secondary N) is 1. The van der Waals surface area contributed by atoms with Crippen LogP contribution < -0.4 is 15.6 Å². The summed E-state index contributed by atoms with van der Waals surface area (Å²) >= 11 is 5.86. The van der Waals surface area contributed by atoms with E-state index in [1.54, 1.807) is 0 Å². The van der Waals surface area contributed by atoms with Crippen molar-refractivity contribution >= 4 is 43.1 Å².